The van der Waals surface area contributed by atoms with E-state index in [1.54, 1.807) is 6.92 Å². The van der Waals surface area contributed by atoms with Crippen molar-refractivity contribution in [2.45, 2.75) is 43.9 Å². The van der Waals surface area contributed by atoms with Crippen molar-refractivity contribution >= 4 is 45.8 Å². The number of thioether (sulfide) groups is 1. The zero-order valence-electron chi connectivity index (χ0n) is 16.4. The van der Waals surface area contributed by atoms with Crippen LogP contribution in [0.25, 0.3) is 0 Å². The van der Waals surface area contributed by atoms with Gasteiger partial charge in [-0.25, -0.2) is 0 Å². The number of nitrogens with one attached hydrogen (secondary N) is 2. The number of carbonyl (C=O) groups excluding carboxylic acids is 2. The molecule has 2 N–H and O–H groups in total. The molecule has 0 fully saturated rings. The average Bonchev–Trinajstić information content (AvgIpc) is 3.11. The van der Waals surface area contributed by atoms with Gasteiger partial charge in [-0.2, -0.15) is 0 Å². The minimum absolute atomic E-state index is 0.0946. The van der Waals surface area contributed by atoms with Crippen LogP contribution in [0.4, 0.5) is 10.8 Å². The van der Waals surface area contributed by atoms with Crippen molar-refractivity contribution in [3.8, 4) is 0 Å². The van der Waals surface area contributed by atoms with Crippen LogP contribution < -0.4 is 10.6 Å². The van der Waals surface area contributed by atoms with Crippen LogP contribution in [-0.2, 0) is 14.3 Å². The lowest BCUT2D eigenvalue weighted by molar-refractivity contribution is -0.143. The fourth-order valence-corrected chi connectivity index (χ4v) is 3.87. The van der Waals surface area contributed by atoms with Crippen LogP contribution in [-0.4, -0.2) is 41.0 Å². The number of hydrogen-bond acceptors (Lipinski definition) is 8. The van der Waals surface area contributed by atoms with Gasteiger partial charge in [-0.05, 0) is 37.0 Å². The van der Waals surface area contributed by atoms with Gasteiger partial charge in [-0.3, -0.25) is 9.59 Å². The number of benzene rings is 1. The molecule has 152 valence electrons. The molecule has 0 aliphatic heterocycles. The Hall–Kier alpha value is -2.13. The highest BCUT2D eigenvalue weighted by Gasteiger charge is 2.09. The summed E-state index contributed by atoms with van der Waals surface area (Å²) in [6.07, 6.45) is 0.878. The lowest BCUT2D eigenvalue weighted by Gasteiger charge is -2.06. The van der Waals surface area contributed by atoms with E-state index in [1.165, 1.54) is 28.7 Å². The number of ether oxygens (including phenoxy) is 1. The molecule has 0 saturated carbocycles. The standard InChI is InChI=1S/C19H26N4O3S2/c1-4-26-17(25)6-5-11-20-16(24)12-27-19-23-22-18(28-19)21-15-9-7-14(8-10-15)13(2)3/h7-10,13H,4-6,11-12H2,1-3H3,(H,20,24)(H,21,22). The molecule has 7 nitrogen and oxygen atoms in total. The Morgan fingerprint density at radius 2 is 1.96 bits per heavy atom. The number of nitrogens with zero attached hydrogens (tertiary/aromatic N) is 2. The third-order valence-electron chi connectivity index (χ3n) is 3.75. The molecular formula is C19H26N4O3S2. The van der Waals surface area contributed by atoms with Gasteiger partial charge in [0.25, 0.3) is 0 Å². The first-order valence-electron chi connectivity index (χ1n) is 9.23. The molecule has 1 heterocycles. The number of amides is 1. The number of anilines is 2. The predicted molar refractivity (Wildman–Crippen MR) is 113 cm³/mol. The summed E-state index contributed by atoms with van der Waals surface area (Å²) in [4.78, 5) is 23.1. The molecule has 28 heavy (non-hydrogen) atoms. The number of esters is 1. The van der Waals surface area contributed by atoms with E-state index in [2.05, 4.69) is 46.8 Å². The van der Waals surface area contributed by atoms with Crippen LogP contribution >= 0.6 is 23.1 Å². The summed E-state index contributed by atoms with van der Waals surface area (Å²) in [5, 5.41) is 14.9. The quantitative estimate of drug-likeness (QED) is 0.322. The number of hydrogen-bond donors (Lipinski definition) is 2. The van der Waals surface area contributed by atoms with E-state index in [0.29, 0.717) is 37.0 Å². The van der Waals surface area contributed by atoms with Crippen molar-refractivity contribution in [2.75, 3.05) is 24.2 Å². The van der Waals surface area contributed by atoms with Crippen molar-refractivity contribution in [1.82, 2.24) is 15.5 Å². The maximum absolute atomic E-state index is 11.9. The molecule has 2 aromatic rings. The van der Waals surface area contributed by atoms with Crippen LogP contribution in [0.2, 0.25) is 0 Å². The second-order valence-electron chi connectivity index (χ2n) is 6.32. The Labute approximate surface area is 173 Å². The van der Waals surface area contributed by atoms with Crippen molar-refractivity contribution in [1.29, 1.82) is 0 Å². The smallest absolute Gasteiger partial charge is 0.305 e. The van der Waals surface area contributed by atoms with Gasteiger partial charge in [-0.15, -0.1) is 10.2 Å². The lowest BCUT2D eigenvalue weighted by Crippen LogP contribution is -2.26. The third kappa shape index (κ3) is 7.85. The summed E-state index contributed by atoms with van der Waals surface area (Å²) >= 11 is 2.75. The fourth-order valence-electron chi connectivity index (χ4n) is 2.27. The lowest BCUT2D eigenvalue weighted by atomic mass is 10.0. The van der Waals surface area contributed by atoms with E-state index < -0.39 is 0 Å². The molecule has 1 aromatic carbocycles. The van der Waals surface area contributed by atoms with Crippen LogP contribution in [0.15, 0.2) is 28.6 Å². The van der Waals surface area contributed by atoms with Crippen molar-refractivity contribution in [3.05, 3.63) is 29.8 Å². The minimum Gasteiger partial charge on any atom is -0.466 e. The molecule has 9 heteroatoms. The molecule has 0 radical (unpaired) electrons. The molecule has 1 amide bonds. The van der Waals surface area contributed by atoms with Crippen LogP contribution in [0.5, 0.6) is 0 Å². The highest BCUT2D eigenvalue weighted by atomic mass is 32.2. The van der Waals surface area contributed by atoms with Crippen molar-refractivity contribution in [3.63, 3.8) is 0 Å². The summed E-state index contributed by atoms with van der Waals surface area (Å²) in [6, 6.07) is 8.23. The van der Waals surface area contributed by atoms with Crippen LogP contribution in [0.1, 0.15) is 45.1 Å². The minimum atomic E-state index is -0.237. The molecule has 0 bridgehead atoms. The Morgan fingerprint density at radius 3 is 2.64 bits per heavy atom. The molecule has 0 atom stereocenters. The topological polar surface area (TPSA) is 93.2 Å². The van der Waals surface area contributed by atoms with Gasteiger partial charge in [-0.1, -0.05) is 49.1 Å². The first-order chi connectivity index (χ1) is 13.5. The van der Waals surface area contributed by atoms with Crippen LogP contribution in [0, 0.1) is 0 Å². The summed E-state index contributed by atoms with van der Waals surface area (Å²) in [5.74, 6) is 0.425. The number of aromatic nitrogens is 2. The predicted octanol–water partition coefficient (Wildman–Crippen LogP) is 3.96. The van der Waals surface area contributed by atoms with Crippen LogP contribution in [0.3, 0.4) is 0 Å². The summed E-state index contributed by atoms with van der Waals surface area (Å²) < 4.78 is 5.56. The maximum Gasteiger partial charge on any atom is 0.305 e. The average molecular weight is 423 g/mol. The highest BCUT2D eigenvalue weighted by molar-refractivity contribution is 8.01. The van der Waals surface area contributed by atoms with Gasteiger partial charge < -0.3 is 15.4 Å². The van der Waals surface area contributed by atoms with E-state index in [-0.39, 0.29) is 17.6 Å². The van der Waals surface area contributed by atoms with Gasteiger partial charge in [0.1, 0.15) is 0 Å². The Bertz CT molecular complexity index is 763. The SMILES string of the molecule is CCOC(=O)CCCNC(=O)CSc1nnc(Nc2ccc(C(C)C)cc2)s1. The first-order valence-corrected chi connectivity index (χ1v) is 11.0. The molecule has 0 saturated heterocycles. The summed E-state index contributed by atoms with van der Waals surface area (Å²) in [6.45, 7) is 6.92. The van der Waals surface area contributed by atoms with Gasteiger partial charge in [0.15, 0.2) is 4.34 Å². The summed E-state index contributed by atoms with van der Waals surface area (Å²) in [7, 11) is 0. The highest BCUT2D eigenvalue weighted by Crippen LogP contribution is 2.28. The van der Waals surface area contributed by atoms with Gasteiger partial charge in [0.05, 0.1) is 12.4 Å². The zero-order valence-corrected chi connectivity index (χ0v) is 18.0. The van der Waals surface area contributed by atoms with Gasteiger partial charge >= 0.3 is 5.97 Å². The van der Waals surface area contributed by atoms with Crippen molar-refractivity contribution < 1.29 is 14.3 Å². The second-order valence-corrected chi connectivity index (χ2v) is 8.52. The van der Waals surface area contributed by atoms with E-state index in [4.69, 9.17) is 4.74 Å². The second kappa shape index (κ2) is 11.7. The maximum atomic E-state index is 11.9. The van der Waals surface area contributed by atoms with Gasteiger partial charge in [0.2, 0.25) is 11.0 Å². The van der Waals surface area contributed by atoms with Gasteiger partial charge in [0, 0.05) is 18.7 Å². The molecule has 0 spiro atoms. The first kappa shape index (κ1) is 22.2. The Balaban J connectivity index is 1.69. The van der Waals surface area contributed by atoms with E-state index in [0.717, 1.165) is 10.0 Å². The molecular weight excluding hydrogens is 396 g/mol. The zero-order chi connectivity index (χ0) is 20.4. The number of carbonyl (C=O) groups is 2. The molecule has 0 aliphatic rings. The third-order valence-corrected chi connectivity index (χ3v) is 5.72. The van der Waals surface area contributed by atoms with Crippen molar-refractivity contribution in [2.24, 2.45) is 0 Å². The van der Waals surface area contributed by atoms with E-state index in [1.807, 2.05) is 12.1 Å². The Kier molecular flexibility index (Phi) is 9.22. The largest absolute Gasteiger partial charge is 0.466 e. The molecule has 0 aliphatic carbocycles. The monoisotopic (exact) mass is 422 g/mol. The normalized spacial score (nSPS) is 10.7. The fraction of sp³-hybridized carbons (Fsp3) is 0.474. The Morgan fingerprint density at radius 1 is 1.21 bits per heavy atom. The van der Waals surface area contributed by atoms with E-state index >= 15 is 0 Å². The number of rotatable bonds is 11. The molecule has 1 aromatic heterocycles. The summed E-state index contributed by atoms with van der Waals surface area (Å²) in [5.41, 5.74) is 2.24. The molecule has 2 rings (SSSR count). The van der Waals surface area contributed by atoms with E-state index in [9.17, 15) is 9.59 Å². The molecule has 0 unspecified atom stereocenters.